The van der Waals surface area contributed by atoms with Crippen LogP contribution in [0, 0.1) is 11.3 Å². The molecule has 13 heteroatoms. The van der Waals surface area contributed by atoms with Gasteiger partial charge in [-0.05, 0) is 25.1 Å². The molecule has 1 aliphatic rings. The number of hydrogen-bond donors (Lipinski definition) is 1. The molecule has 1 saturated heterocycles. The number of nitrogens with one attached hydrogen (secondary N) is 1. The first-order valence-electron chi connectivity index (χ1n) is 11.3. The Balaban J connectivity index is 1.63. The van der Waals surface area contributed by atoms with Crippen LogP contribution in [0.5, 0.6) is 0 Å². The van der Waals surface area contributed by atoms with E-state index in [1.165, 1.54) is 38.8 Å². The van der Waals surface area contributed by atoms with E-state index in [-0.39, 0.29) is 34.3 Å². The van der Waals surface area contributed by atoms with E-state index in [0.29, 0.717) is 16.7 Å². The first-order chi connectivity index (χ1) is 17.7. The number of rotatable bonds is 4. The first kappa shape index (κ1) is 23.1. The summed E-state index contributed by atoms with van der Waals surface area (Å²) in [6.07, 6.45) is 5.15. The summed E-state index contributed by atoms with van der Waals surface area (Å²) in [6, 6.07) is 8.83. The molecule has 1 fully saturated rings. The van der Waals surface area contributed by atoms with Gasteiger partial charge in [-0.3, -0.25) is 14.3 Å². The van der Waals surface area contributed by atoms with Gasteiger partial charge in [0.2, 0.25) is 0 Å². The van der Waals surface area contributed by atoms with Crippen molar-refractivity contribution in [1.82, 2.24) is 34.1 Å². The second-order valence-corrected chi connectivity index (χ2v) is 9.53. The third-order valence-corrected chi connectivity index (χ3v) is 6.97. The van der Waals surface area contributed by atoms with Crippen molar-refractivity contribution < 1.29 is 8.78 Å². The van der Waals surface area contributed by atoms with Crippen LogP contribution in [-0.4, -0.2) is 46.6 Å². The number of aromatic amines is 1. The lowest BCUT2D eigenvalue weighted by atomic mass is 9.95. The van der Waals surface area contributed by atoms with Crippen LogP contribution in [-0.2, 0) is 12.1 Å². The highest BCUT2D eigenvalue weighted by molar-refractivity contribution is 6.33. The average molecular weight is 522 g/mol. The van der Waals surface area contributed by atoms with Crippen molar-refractivity contribution in [2.24, 2.45) is 0 Å². The van der Waals surface area contributed by atoms with Crippen molar-refractivity contribution in [2.45, 2.75) is 31.4 Å². The van der Waals surface area contributed by atoms with Crippen LogP contribution in [0.15, 0.2) is 54.0 Å². The molecule has 5 aromatic heterocycles. The minimum absolute atomic E-state index is 0.0121. The lowest BCUT2D eigenvalue weighted by molar-refractivity contribution is 0.0161. The summed E-state index contributed by atoms with van der Waals surface area (Å²) >= 11 is 6.28. The first-order valence-corrected chi connectivity index (χ1v) is 11.7. The Hall–Kier alpha value is -4.37. The molecule has 0 radical (unpaired) electrons. The van der Waals surface area contributed by atoms with Gasteiger partial charge in [-0.1, -0.05) is 17.7 Å². The summed E-state index contributed by atoms with van der Waals surface area (Å²) in [4.78, 5) is 30.8. The highest BCUT2D eigenvalue weighted by Gasteiger charge is 2.56. The SMILES string of the molecule is C[C@@]1(c2nn3ccc(Cl)c3c(=O)n2Cc2ccccn2)CC(F)(F)CN1c1ncnc2[nH]cc(C#N)c12. The van der Waals surface area contributed by atoms with Gasteiger partial charge in [-0.15, -0.1) is 0 Å². The van der Waals surface area contributed by atoms with Crippen molar-refractivity contribution in [1.29, 1.82) is 5.26 Å². The van der Waals surface area contributed by atoms with Crippen LogP contribution in [0.1, 0.15) is 30.4 Å². The molecule has 6 rings (SSSR count). The zero-order valence-corrected chi connectivity index (χ0v) is 20.1. The number of hydrogen-bond acceptors (Lipinski definition) is 7. The summed E-state index contributed by atoms with van der Waals surface area (Å²) < 4.78 is 33.1. The van der Waals surface area contributed by atoms with Gasteiger partial charge in [0, 0.05) is 25.0 Å². The van der Waals surface area contributed by atoms with Crippen molar-refractivity contribution in [3.63, 3.8) is 0 Å². The smallest absolute Gasteiger partial charge is 0.279 e. The largest absolute Gasteiger partial charge is 0.345 e. The fraction of sp³-hybridized carbons (Fsp3) is 0.250. The Kier molecular flexibility index (Phi) is 5.03. The molecular formula is C24H18ClF2N9O. The fourth-order valence-electron chi connectivity index (χ4n) is 5.07. The maximum absolute atomic E-state index is 15.2. The fourth-order valence-corrected chi connectivity index (χ4v) is 5.29. The lowest BCUT2D eigenvalue weighted by Gasteiger charge is -2.36. The van der Waals surface area contributed by atoms with E-state index in [2.05, 4.69) is 31.1 Å². The van der Waals surface area contributed by atoms with E-state index in [1.807, 2.05) is 0 Å². The van der Waals surface area contributed by atoms with Crippen LogP contribution >= 0.6 is 11.6 Å². The third-order valence-electron chi connectivity index (χ3n) is 6.67. The van der Waals surface area contributed by atoms with Crippen LogP contribution in [0.3, 0.4) is 0 Å². The summed E-state index contributed by atoms with van der Waals surface area (Å²) in [7, 11) is 0. The summed E-state index contributed by atoms with van der Waals surface area (Å²) in [5.74, 6) is -2.92. The van der Waals surface area contributed by atoms with E-state index >= 15 is 8.78 Å². The molecule has 0 aliphatic carbocycles. The van der Waals surface area contributed by atoms with E-state index in [0.717, 1.165) is 0 Å². The number of anilines is 1. The Labute approximate surface area is 212 Å². The Bertz CT molecular complexity index is 1770. The highest BCUT2D eigenvalue weighted by Crippen LogP contribution is 2.48. The number of aromatic nitrogens is 7. The molecular weight excluding hydrogens is 504 g/mol. The van der Waals surface area contributed by atoms with Crippen LogP contribution in [0.4, 0.5) is 14.6 Å². The molecule has 186 valence electrons. The number of pyridine rings is 1. The maximum Gasteiger partial charge on any atom is 0.279 e. The van der Waals surface area contributed by atoms with Gasteiger partial charge in [0.15, 0.2) is 5.82 Å². The molecule has 0 saturated carbocycles. The second-order valence-electron chi connectivity index (χ2n) is 9.12. The molecule has 1 N–H and O–H groups in total. The molecule has 0 unspecified atom stereocenters. The molecule has 10 nitrogen and oxygen atoms in total. The zero-order chi connectivity index (χ0) is 25.9. The van der Waals surface area contributed by atoms with Gasteiger partial charge >= 0.3 is 0 Å². The van der Waals surface area contributed by atoms with E-state index < -0.39 is 30.0 Å². The predicted octanol–water partition coefficient (Wildman–Crippen LogP) is 3.50. The molecule has 1 atom stereocenters. The summed E-state index contributed by atoms with van der Waals surface area (Å²) in [5.41, 5.74) is -0.771. The molecule has 0 spiro atoms. The molecule has 0 bridgehead atoms. The molecule has 1 aliphatic heterocycles. The van der Waals surface area contributed by atoms with Gasteiger partial charge < -0.3 is 9.88 Å². The topological polar surface area (TPSA) is 121 Å². The van der Waals surface area contributed by atoms with Gasteiger partial charge in [0.05, 0.1) is 34.8 Å². The van der Waals surface area contributed by atoms with Crippen molar-refractivity contribution in [2.75, 3.05) is 11.4 Å². The van der Waals surface area contributed by atoms with Crippen molar-refractivity contribution >= 4 is 34.0 Å². The van der Waals surface area contributed by atoms with Crippen molar-refractivity contribution in [3.05, 3.63) is 81.6 Å². The Morgan fingerprint density at radius 1 is 1.24 bits per heavy atom. The number of nitriles is 1. The second kappa shape index (κ2) is 8.07. The monoisotopic (exact) mass is 521 g/mol. The van der Waals surface area contributed by atoms with Gasteiger partial charge in [-0.2, -0.15) is 10.4 Å². The normalized spacial score (nSPS) is 19.1. The highest BCUT2D eigenvalue weighted by atomic mass is 35.5. The minimum atomic E-state index is -3.15. The molecule has 0 aromatic carbocycles. The van der Waals surface area contributed by atoms with E-state index in [1.54, 1.807) is 31.3 Å². The minimum Gasteiger partial charge on any atom is -0.345 e. The lowest BCUT2D eigenvalue weighted by Crippen LogP contribution is -2.45. The quantitative estimate of drug-likeness (QED) is 0.384. The number of alkyl halides is 2. The predicted molar refractivity (Wildman–Crippen MR) is 131 cm³/mol. The van der Waals surface area contributed by atoms with Crippen LogP contribution < -0.4 is 10.5 Å². The van der Waals surface area contributed by atoms with E-state index in [9.17, 15) is 10.1 Å². The summed E-state index contributed by atoms with van der Waals surface area (Å²) in [6.45, 7) is 0.881. The molecule has 5 aromatic rings. The average Bonchev–Trinajstić information content (AvgIpc) is 3.54. The number of H-pyrrole nitrogens is 1. The number of nitrogens with zero attached hydrogens (tertiary/aromatic N) is 8. The molecule has 6 heterocycles. The molecule has 0 amide bonds. The Morgan fingerprint density at radius 3 is 2.84 bits per heavy atom. The van der Waals surface area contributed by atoms with Gasteiger partial charge in [0.25, 0.3) is 11.5 Å². The van der Waals surface area contributed by atoms with Crippen molar-refractivity contribution in [3.8, 4) is 6.07 Å². The Morgan fingerprint density at radius 2 is 2.08 bits per heavy atom. The number of fused-ring (bicyclic) bond motifs is 2. The maximum atomic E-state index is 15.2. The standard InChI is InChI=1S/C24H18ClF2N9O/c1-23(11-24(26,27)12-35(23)20-17-14(8-28)9-30-19(17)31-13-32-20)22-33-36-7-5-16(25)18(36)21(37)34(22)10-15-4-2-3-6-29-15/h2-7,9,13H,10-12H2,1H3,(H,30,31,32)/t23-/m0/s1. The van der Waals surface area contributed by atoms with Crippen LogP contribution in [0.25, 0.3) is 16.6 Å². The third kappa shape index (κ3) is 3.54. The van der Waals surface area contributed by atoms with Crippen LogP contribution in [0.2, 0.25) is 5.02 Å². The van der Waals surface area contributed by atoms with Gasteiger partial charge in [0.1, 0.15) is 34.9 Å². The number of halogens is 3. The van der Waals surface area contributed by atoms with Gasteiger partial charge in [-0.25, -0.2) is 23.3 Å². The zero-order valence-electron chi connectivity index (χ0n) is 19.4. The summed E-state index contributed by atoms with van der Waals surface area (Å²) in [5, 5.41) is 14.8. The molecule has 37 heavy (non-hydrogen) atoms. The van der Waals surface area contributed by atoms with E-state index in [4.69, 9.17) is 11.6 Å².